The van der Waals surface area contributed by atoms with Gasteiger partial charge in [0.1, 0.15) is 5.82 Å². The van der Waals surface area contributed by atoms with Crippen LogP contribution in [0.2, 0.25) is 0 Å². The van der Waals surface area contributed by atoms with Crippen LogP contribution in [0.25, 0.3) is 0 Å². The topological polar surface area (TPSA) is 21.3 Å². The lowest BCUT2D eigenvalue weighted by Gasteiger charge is -2.12. The molecule has 1 N–H and O–H groups in total. The average molecular weight is 215 g/mol. The molecule has 1 rings (SSSR count). The molecule has 4 heteroatoms. The molecule has 1 unspecified atom stereocenters. The molecule has 0 saturated heterocycles. The molecule has 0 amide bonds. The van der Waals surface area contributed by atoms with Crippen LogP contribution < -0.4 is 10.1 Å². The van der Waals surface area contributed by atoms with Crippen LogP contribution in [0.1, 0.15) is 6.92 Å². The van der Waals surface area contributed by atoms with Gasteiger partial charge in [0, 0.05) is 18.5 Å². The van der Waals surface area contributed by atoms with Crippen LogP contribution in [-0.4, -0.2) is 20.2 Å². The van der Waals surface area contributed by atoms with Gasteiger partial charge in [-0.2, -0.15) is 0 Å². The van der Waals surface area contributed by atoms with Crippen LogP contribution in [0.15, 0.2) is 18.2 Å². The predicted octanol–water partition coefficient (Wildman–Crippen LogP) is 2.20. The van der Waals surface area contributed by atoms with Gasteiger partial charge in [0.05, 0.1) is 6.61 Å². The highest BCUT2D eigenvalue weighted by molar-refractivity contribution is 5.24. The number of rotatable bonds is 5. The first-order valence-corrected chi connectivity index (χ1v) is 4.86. The molecule has 0 heterocycles. The fourth-order valence-electron chi connectivity index (χ4n) is 1.23. The van der Waals surface area contributed by atoms with E-state index in [1.54, 1.807) is 0 Å². The Labute approximate surface area is 88.3 Å². The number of nitrogens with one attached hydrogen (secondary N) is 1. The quantitative estimate of drug-likeness (QED) is 0.813. The summed E-state index contributed by atoms with van der Waals surface area (Å²) >= 11 is 0. The van der Waals surface area contributed by atoms with Crippen LogP contribution >= 0.6 is 0 Å². The average Bonchev–Trinajstić information content (AvgIpc) is 2.17. The van der Waals surface area contributed by atoms with Crippen molar-refractivity contribution in [3.05, 3.63) is 29.8 Å². The lowest BCUT2D eigenvalue weighted by Crippen LogP contribution is -2.21. The lowest BCUT2D eigenvalue weighted by molar-refractivity contribution is 0.247. The Morgan fingerprint density at radius 2 is 2.13 bits per heavy atom. The predicted molar refractivity (Wildman–Crippen MR) is 54.9 cm³/mol. The minimum atomic E-state index is -0.661. The van der Waals surface area contributed by atoms with E-state index in [2.05, 4.69) is 5.32 Å². The van der Waals surface area contributed by atoms with Crippen molar-refractivity contribution in [3.8, 4) is 5.75 Å². The lowest BCUT2D eigenvalue weighted by atomic mass is 10.2. The van der Waals surface area contributed by atoms with Crippen molar-refractivity contribution in [2.24, 2.45) is 5.92 Å². The Morgan fingerprint density at radius 3 is 2.73 bits per heavy atom. The Kier molecular flexibility index (Phi) is 4.49. The summed E-state index contributed by atoms with van der Waals surface area (Å²) in [6.07, 6.45) is 0. The highest BCUT2D eigenvalue weighted by atomic mass is 19.1. The number of hydrogen-bond donors (Lipinski definition) is 1. The number of benzene rings is 1. The summed E-state index contributed by atoms with van der Waals surface area (Å²) < 4.78 is 30.9. The van der Waals surface area contributed by atoms with E-state index in [1.807, 2.05) is 14.0 Å². The van der Waals surface area contributed by atoms with E-state index in [1.165, 1.54) is 12.1 Å². The van der Waals surface area contributed by atoms with Gasteiger partial charge < -0.3 is 10.1 Å². The summed E-state index contributed by atoms with van der Waals surface area (Å²) in [5, 5.41) is 2.99. The van der Waals surface area contributed by atoms with E-state index in [9.17, 15) is 8.78 Å². The first kappa shape index (κ1) is 11.9. The van der Waals surface area contributed by atoms with Crippen LogP contribution in [0.5, 0.6) is 5.75 Å². The maximum Gasteiger partial charge on any atom is 0.167 e. The fraction of sp³-hybridized carbons (Fsp3) is 0.455. The molecule has 0 aromatic heterocycles. The molecule has 0 aliphatic rings. The smallest absolute Gasteiger partial charge is 0.167 e. The first-order valence-electron chi connectivity index (χ1n) is 4.86. The zero-order valence-electron chi connectivity index (χ0n) is 8.89. The second kappa shape index (κ2) is 5.66. The summed E-state index contributed by atoms with van der Waals surface area (Å²) in [6.45, 7) is 3.18. The third kappa shape index (κ3) is 3.83. The van der Waals surface area contributed by atoms with Gasteiger partial charge in [0.2, 0.25) is 0 Å². The standard InChI is InChI=1S/C11H15F2NO/c1-8(6-14-2)7-15-11-4-3-9(12)5-10(11)13/h3-5,8,14H,6-7H2,1-2H3. The minimum Gasteiger partial charge on any atom is -0.490 e. The summed E-state index contributed by atoms with van der Waals surface area (Å²) in [5.74, 6) is -0.881. The molecule has 1 aromatic rings. The van der Waals surface area contributed by atoms with Gasteiger partial charge in [-0.05, 0) is 19.2 Å². The molecular formula is C11H15F2NO. The SMILES string of the molecule is CNCC(C)COc1ccc(F)cc1F. The number of hydrogen-bond acceptors (Lipinski definition) is 2. The summed E-state index contributed by atoms with van der Waals surface area (Å²) in [4.78, 5) is 0. The Hall–Kier alpha value is -1.16. The largest absolute Gasteiger partial charge is 0.490 e. The number of ether oxygens (including phenoxy) is 1. The maximum absolute atomic E-state index is 13.1. The third-order valence-corrected chi connectivity index (χ3v) is 1.97. The zero-order chi connectivity index (χ0) is 11.3. The van der Waals surface area contributed by atoms with Crippen LogP contribution in [0.3, 0.4) is 0 Å². The molecule has 0 bridgehead atoms. The van der Waals surface area contributed by atoms with E-state index in [0.29, 0.717) is 6.61 Å². The molecular weight excluding hydrogens is 200 g/mol. The highest BCUT2D eigenvalue weighted by Gasteiger charge is 2.07. The Morgan fingerprint density at radius 1 is 1.40 bits per heavy atom. The zero-order valence-corrected chi connectivity index (χ0v) is 8.89. The molecule has 84 valence electrons. The van der Waals surface area contributed by atoms with Gasteiger partial charge in [-0.15, -0.1) is 0 Å². The molecule has 2 nitrogen and oxygen atoms in total. The molecule has 0 fully saturated rings. The van der Waals surface area contributed by atoms with Crippen molar-refractivity contribution in [2.75, 3.05) is 20.2 Å². The summed E-state index contributed by atoms with van der Waals surface area (Å²) in [5.41, 5.74) is 0. The molecule has 1 aromatic carbocycles. The van der Waals surface area contributed by atoms with Gasteiger partial charge in [-0.25, -0.2) is 8.78 Å². The van der Waals surface area contributed by atoms with E-state index in [-0.39, 0.29) is 11.7 Å². The Balaban J connectivity index is 2.50. The van der Waals surface area contributed by atoms with E-state index >= 15 is 0 Å². The van der Waals surface area contributed by atoms with Gasteiger partial charge in [-0.1, -0.05) is 6.92 Å². The molecule has 0 saturated carbocycles. The molecule has 0 aliphatic carbocycles. The van der Waals surface area contributed by atoms with Crippen molar-refractivity contribution in [1.82, 2.24) is 5.32 Å². The van der Waals surface area contributed by atoms with Crippen molar-refractivity contribution in [2.45, 2.75) is 6.92 Å². The van der Waals surface area contributed by atoms with Gasteiger partial charge in [-0.3, -0.25) is 0 Å². The number of halogens is 2. The molecule has 15 heavy (non-hydrogen) atoms. The second-order valence-corrected chi connectivity index (χ2v) is 3.55. The molecule has 0 aliphatic heterocycles. The van der Waals surface area contributed by atoms with E-state index < -0.39 is 11.6 Å². The minimum absolute atomic E-state index is 0.0966. The van der Waals surface area contributed by atoms with Crippen LogP contribution in [0.4, 0.5) is 8.78 Å². The summed E-state index contributed by atoms with van der Waals surface area (Å²) in [7, 11) is 1.84. The van der Waals surface area contributed by atoms with E-state index in [0.717, 1.165) is 12.6 Å². The van der Waals surface area contributed by atoms with Gasteiger partial charge in [0.25, 0.3) is 0 Å². The van der Waals surface area contributed by atoms with Crippen LogP contribution in [0, 0.1) is 17.6 Å². The van der Waals surface area contributed by atoms with Crippen molar-refractivity contribution in [3.63, 3.8) is 0 Å². The molecule has 1 atom stereocenters. The van der Waals surface area contributed by atoms with Crippen molar-refractivity contribution < 1.29 is 13.5 Å². The fourth-order valence-corrected chi connectivity index (χ4v) is 1.23. The molecule has 0 spiro atoms. The maximum atomic E-state index is 13.1. The van der Waals surface area contributed by atoms with E-state index in [4.69, 9.17) is 4.74 Å². The van der Waals surface area contributed by atoms with Crippen molar-refractivity contribution >= 4 is 0 Å². The third-order valence-electron chi connectivity index (χ3n) is 1.97. The summed E-state index contributed by atoms with van der Waals surface area (Å²) in [6, 6.07) is 3.30. The van der Waals surface area contributed by atoms with Gasteiger partial charge >= 0.3 is 0 Å². The van der Waals surface area contributed by atoms with Crippen molar-refractivity contribution in [1.29, 1.82) is 0 Å². The normalized spacial score (nSPS) is 12.5. The van der Waals surface area contributed by atoms with Gasteiger partial charge in [0.15, 0.2) is 11.6 Å². The van der Waals surface area contributed by atoms with Crippen LogP contribution in [-0.2, 0) is 0 Å². The monoisotopic (exact) mass is 215 g/mol. The highest BCUT2D eigenvalue weighted by Crippen LogP contribution is 2.18. The molecule has 0 radical (unpaired) electrons. The first-order chi connectivity index (χ1) is 7.13. The Bertz CT molecular complexity index is 317. The second-order valence-electron chi connectivity index (χ2n) is 3.55.